The van der Waals surface area contributed by atoms with Crippen LogP contribution in [-0.4, -0.2) is 25.1 Å². The van der Waals surface area contributed by atoms with Gasteiger partial charge in [-0.05, 0) is 27.2 Å². The molecule has 148 valence electrons. The number of quaternary nitrogens is 1. The van der Waals surface area contributed by atoms with Gasteiger partial charge in [0, 0.05) is 0 Å². The highest BCUT2D eigenvalue weighted by Gasteiger charge is 2.21. The fourth-order valence-corrected chi connectivity index (χ4v) is 3.17. The lowest BCUT2D eigenvalue weighted by molar-refractivity contribution is -0.361. The first-order chi connectivity index (χ1) is 11.2. The molecule has 0 aromatic carbocycles. The molecule has 0 saturated carbocycles. The molecule has 0 aliphatic heterocycles. The van der Waals surface area contributed by atoms with Crippen molar-refractivity contribution in [3.8, 4) is 0 Å². The molecule has 0 amide bonds. The van der Waals surface area contributed by atoms with Gasteiger partial charge in [-0.3, -0.25) is 4.18 Å². The second-order valence-electron chi connectivity index (χ2n) is 7.04. The van der Waals surface area contributed by atoms with Crippen molar-refractivity contribution in [2.75, 3.05) is 6.54 Å². The van der Waals surface area contributed by atoms with Gasteiger partial charge in [0.25, 0.3) is 0 Å². The fraction of sp³-hybridized carbons (Fsp3) is 1.00. The van der Waals surface area contributed by atoms with Crippen LogP contribution in [0.2, 0.25) is 0 Å². The molecule has 0 radical (unpaired) electrons. The Morgan fingerprint density at radius 2 is 1.17 bits per heavy atom. The van der Waals surface area contributed by atoms with E-state index in [1.807, 2.05) is 6.92 Å². The molecule has 0 rings (SSSR count). The molecule has 3 N–H and O–H groups in total. The van der Waals surface area contributed by atoms with Gasteiger partial charge in [-0.25, -0.2) is 8.42 Å². The lowest BCUT2D eigenvalue weighted by Gasteiger charge is -2.26. The van der Waals surface area contributed by atoms with Crippen molar-refractivity contribution in [3.05, 3.63) is 0 Å². The molecule has 0 bridgehead atoms. The van der Waals surface area contributed by atoms with E-state index in [4.69, 9.17) is 0 Å². The average Bonchev–Trinajstić information content (AvgIpc) is 2.43. The Bertz CT molecular complexity index is 356. The molecule has 6 heteroatoms. The van der Waals surface area contributed by atoms with Crippen LogP contribution in [0.5, 0.6) is 0 Å². The number of hydrogen-bond donors (Lipinski definition) is 1. The molecule has 0 spiro atoms. The topological polar surface area (TPSA) is 94.1 Å². The summed E-state index contributed by atoms with van der Waals surface area (Å²) in [5.41, 5.74) is 2.61. The monoisotopic (exact) mass is 367 g/mol. The summed E-state index contributed by atoms with van der Waals surface area (Å²) in [6.45, 7) is 8.55. The molecular weight excluding hydrogens is 326 g/mol. The third-order valence-corrected chi connectivity index (χ3v) is 4.37. The van der Waals surface area contributed by atoms with E-state index in [1.54, 1.807) is 13.8 Å². The van der Waals surface area contributed by atoms with Crippen LogP contribution in [0.3, 0.4) is 0 Å². The standard InChI is InChI=1S/C16H34O4S.C2H7N/c1-4-5-6-7-8-9-10-11-12-13-14-15-16(2,3)20-21(17,18)19;1-2-3/h4-15H2,1-3H3,(H,17,18,19);2-3H2,1H3. The summed E-state index contributed by atoms with van der Waals surface area (Å²) in [4.78, 5) is 0. The SMILES string of the molecule is CCCCCCCCCCCCCC(C)(C)OS(=O)(=O)[O-].CC[NH3+]. The molecule has 0 aliphatic carbocycles. The Kier molecular flexibility index (Phi) is 17.7. The van der Waals surface area contributed by atoms with Crippen LogP contribution in [0, 0.1) is 0 Å². The summed E-state index contributed by atoms with van der Waals surface area (Å²) >= 11 is 0. The van der Waals surface area contributed by atoms with Crippen LogP contribution in [0.4, 0.5) is 0 Å². The third kappa shape index (κ3) is 24.1. The average molecular weight is 368 g/mol. The van der Waals surface area contributed by atoms with Crippen molar-refractivity contribution < 1.29 is 22.9 Å². The largest absolute Gasteiger partial charge is 0.726 e. The quantitative estimate of drug-likeness (QED) is 0.283. The lowest BCUT2D eigenvalue weighted by atomic mass is 9.99. The van der Waals surface area contributed by atoms with Crippen molar-refractivity contribution in [1.29, 1.82) is 0 Å². The maximum absolute atomic E-state index is 10.6. The van der Waals surface area contributed by atoms with Crippen LogP contribution in [0.15, 0.2) is 0 Å². The zero-order valence-electron chi connectivity index (χ0n) is 16.4. The molecule has 0 saturated heterocycles. The Morgan fingerprint density at radius 3 is 1.50 bits per heavy atom. The third-order valence-electron chi connectivity index (χ3n) is 3.71. The summed E-state index contributed by atoms with van der Waals surface area (Å²) in [6, 6.07) is 0. The predicted molar refractivity (Wildman–Crippen MR) is 99.4 cm³/mol. The molecular formula is C18H41NO4S. The van der Waals surface area contributed by atoms with E-state index in [0.29, 0.717) is 6.42 Å². The first-order valence-corrected chi connectivity index (χ1v) is 11.0. The van der Waals surface area contributed by atoms with Crippen LogP contribution < -0.4 is 5.73 Å². The van der Waals surface area contributed by atoms with Crippen LogP contribution in [0.25, 0.3) is 0 Å². The first-order valence-electron chi connectivity index (χ1n) is 9.64. The molecule has 24 heavy (non-hydrogen) atoms. The number of rotatable bonds is 14. The summed E-state index contributed by atoms with van der Waals surface area (Å²) in [7, 11) is -4.60. The normalized spacial score (nSPS) is 11.9. The Hall–Kier alpha value is -0.170. The van der Waals surface area contributed by atoms with E-state index in [0.717, 1.165) is 19.4 Å². The Labute approximate surface area is 150 Å². The predicted octanol–water partition coefficient (Wildman–Crippen LogP) is 4.19. The van der Waals surface area contributed by atoms with Crippen LogP contribution in [-0.2, 0) is 14.6 Å². The Morgan fingerprint density at radius 1 is 0.833 bits per heavy atom. The minimum atomic E-state index is -4.60. The summed E-state index contributed by atoms with van der Waals surface area (Å²) < 4.78 is 36.2. The van der Waals surface area contributed by atoms with Crippen molar-refractivity contribution in [1.82, 2.24) is 0 Å². The van der Waals surface area contributed by atoms with Gasteiger partial charge < -0.3 is 10.3 Å². The number of unbranched alkanes of at least 4 members (excludes halogenated alkanes) is 10. The zero-order valence-corrected chi connectivity index (χ0v) is 17.3. The molecule has 0 aromatic heterocycles. The molecule has 0 atom stereocenters. The number of hydrogen-bond acceptors (Lipinski definition) is 4. The van der Waals surface area contributed by atoms with Gasteiger partial charge in [-0.1, -0.05) is 77.6 Å². The molecule has 0 fully saturated rings. The Balaban J connectivity index is 0. The summed E-state index contributed by atoms with van der Waals surface area (Å²) in [5.74, 6) is 0. The second kappa shape index (κ2) is 16.3. The van der Waals surface area contributed by atoms with Gasteiger partial charge in [0.15, 0.2) is 0 Å². The van der Waals surface area contributed by atoms with Gasteiger partial charge in [0.1, 0.15) is 0 Å². The van der Waals surface area contributed by atoms with Gasteiger partial charge in [-0.15, -0.1) is 0 Å². The van der Waals surface area contributed by atoms with E-state index < -0.39 is 16.0 Å². The van der Waals surface area contributed by atoms with Gasteiger partial charge in [-0.2, -0.15) is 0 Å². The van der Waals surface area contributed by atoms with E-state index in [2.05, 4.69) is 16.8 Å². The molecule has 0 aromatic rings. The highest BCUT2D eigenvalue weighted by atomic mass is 32.3. The van der Waals surface area contributed by atoms with Gasteiger partial charge >= 0.3 is 0 Å². The van der Waals surface area contributed by atoms with Crippen molar-refractivity contribution in [2.45, 2.75) is 110 Å². The zero-order chi connectivity index (χ0) is 18.9. The van der Waals surface area contributed by atoms with Gasteiger partial charge in [0.05, 0.1) is 12.1 Å². The highest BCUT2D eigenvalue weighted by Crippen LogP contribution is 2.21. The van der Waals surface area contributed by atoms with E-state index in [1.165, 1.54) is 57.8 Å². The lowest BCUT2D eigenvalue weighted by Crippen LogP contribution is -2.48. The fourth-order valence-electron chi connectivity index (χ4n) is 2.53. The van der Waals surface area contributed by atoms with Crippen LogP contribution >= 0.6 is 0 Å². The smallest absolute Gasteiger partial charge is 0.218 e. The second-order valence-corrected chi connectivity index (χ2v) is 8.02. The van der Waals surface area contributed by atoms with E-state index in [9.17, 15) is 13.0 Å². The van der Waals surface area contributed by atoms with E-state index >= 15 is 0 Å². The van der Waals surface area contributed by atoms with Crippen molar-refractivity contribution in [3.63, 3.8) is 0 Å². The molecule has 0 unspecified atom stereocenters. The molecule has 0 heterocycles. The molecule has 5 nitrogen and oxygen atoms in total. The maximum Gasteiger partial charge on any atom is 0.218 e. The minimum Gasteiger partial charge on any atom is -0.726 e. The maximum atomic E-state index is 10.6. The molecule has 0 aliphatic rings. The van der Waals surface area contributed by atoms with Crippen LogP contribution in [0.1, 0.15) is 105 Å². The van der Waals surface area contributed by atoms with Crippen molar-refractivity contribution >= 4 is 10.4 Å². The highest BCUT2D eigenvalue weighted by molar-refractivity contribution is 7.80. The summed E-state index contributed by atoms with van der Waals surface area (Å²) in [6.07, 6.45) is 14.4. The first kappa shape index (κ1) is 26.1. The minimum absolute atomic E-state index is 0.603. The summed E-state index contributed by atoms with van der Waals surface area (Å²) in [5, 5.41) is 0. The van der Waals surface area contributed by atoms with Gasteiger partial charge in [0.2, 0.25) is 10.4 Å². The van der Waals surface area contributed by atoms with E-state index in [-0.39, 0.29) is 0 Å². The van der Waals surface area contributed by atoms with Crippen molar-refractivity contribution in [2.24, 2.45) is 0 Å².